The maximum Gasteiger partial charge on any atom is 0.165 e. The van der Waals surface area contributed by atoms with Crippen molar-refractivity contribution in [2.75, 3.05) is 0 Å². The summed E-state index contributed by atoms with van der Waals surface area (Å²) in [5.74, 6) is 0.245. The van der Waals surface area contributed by atoms with Crippen LogP contribution < -0.4 is 0 Å². The van der Waals surface area contributed by atoms with Gasteiger partial charge in [0, 0.05) is 29.1 Å². The number of carbonyl (C=O) groups is 1. The molecule has 1 heterocycles. The van der Waals surface area contributed by atoms with Gasteiger partial charge in [0.2, 0.25) is 0 Å². The van der Waals surface area contributed by atoms with Crippen molar-refractivity contribution in [1.29, 1.82) is 0 Å². The highest BCUT2D eigenvalue weighted by molar-refractivity contribution is 6.07. The molecule has 3 heteroatoms. The van der Waals surface area contributed by atoms with E-state index in [9.17, 15) is 4.79 Å². The molecular weight excluding hydrogens is 222 g/mol. The highest BCUT2D eigenvalue weighted by Gasteiger charge is 2.10. The molecule has 0 bridgehead atoms. The summed E-state index contributed by atoms with van der Waals surface area (Å²) in [5.41, 5.74) is 1.87. The molecule has 0 spiro atoms. The molecule has 0 unspecified atom stereocenters. The van der Waals surface area contributed by atoms with Gasteiger partial charge in [0.15, 0.2) is 5.78 Å². The number of H-pyrrole nitrogens is 1. The van der Waals surface area contributed by atoms with Crippen LogP contribution in [-0.4, -0.2) is 10.8 Å². The van der Waals surface area contributed by atoms with Crippen LogP contribution in [0, 0.1) is 0 Å². The van der Waals surface area contributed by atoms with Crippen LogP contribution in [0.15, 0.2) is 30.5 Å². The minimum atomic E-state index is 0. The number of benzene rings is 1. The number of fused-ring (bicyclic) bond motifs is 1. The molecule has 2 aromatic rings. The summed E-state index contributed by atoms with van der Waals surface area (Å²) >= 11 is 0. The fourth-order valence-corrected chi connectivity index (χ4v) is 1.77. The quantitative estimate of drug-likeness (QED) is 0.803. The average Bonchev–Trinajstić information content (AvgIpc) is 2.69. The van der Waals surface area contributed by atoms with E-state index in [0.29, 0.717) is 6.42 Å². The molecule has 0 aliphatic heterocycles. The molecule has 1 aromatic heterocycles. The smallest absolute Gasteiger partial charge is 0.165 e. The third-order valence-corrected chi connectivity index (χ3v) is 2.65. The average molecular weight is 238 g/mol. The van der Waals surface area contributed by atoms with Crippen LogP contribution in [0.4, 0.5) is 0 Å². The van der Waals surface area contributed by atoms with Gasteiger partial charge < -0.3 is 4.98 Å². The van der Waals surface area contributed by atoms with Crippen LogP contribution in [0.1, 0.15) is 36.5 Å². The fourth-order valence-electron chi connectivity index (χ4n) is 1.77. The molecule has 0 saturated heterocycles. The van der Waals surface area contributed by atoms with Crippen molar-refractivity contribution in [3.8, 4) is 0 Å². The molecule has 1 N–H and O–H groups in total. The first-order valence-corrected chi connectivity index (χ1v) is 5.42. The second kappa shape index (κ2) is 5.71. The summed E-state index contributed by atoms with van der Waals surface area (Å²) < 4.78 is 0. The summed E-state index contributed by atoms with van der Waals surface area (Å²) in [6, 6.07) is 7.92. The SMILES string of the molecule is CCCCC(=O)c1c[nH]c2ccccc12.Cl. The van der Waals surface area contributed by atoms with Crippen molar-refractivity contribution in [3.05, 3.63) is 36.0 Å². The van der Waals surface area contributed by atoms with Crippen molar-refractivity contribution >= 4 is 29.1 Å². The highest BCUT2D eigenvalue weighted by Crippen LogP contribution is 2.19. The number of halogens is 1. The van der Waals surface area contributed by atoms with E-state index in [-0.39, 0.29) is 18.2 Å². The molecule has 0 radical (unpaired) electrons. The summed E-state index contributed by atoms with van der Waals surface area (Å²) in [5, 5.41) is 1.04. The van der Waals surface area contributed by atoms with Crippen LogP contribution in [-0.2, 0) is 0 Å². The molecule has 0 aliphatic rings. The lowest BCUT2D eigenvalue weighted by molar-refractivity contribution is 0.0981. The predicted molar refractivity (Wildman–Crippen MR) is 69.4 cm³/mol. The van der Waals surface area contributed by atoms with E-state index in [1.807, 2.05) is 30.5 Å². The Balaban J connectivity index is 0.00000128. The second-order valence-corrected chi connectivity index (χ2v) is 3.77. The Morgan fingerprint density at radius 1 is 1.31 bits per heavy atom. The molecule has 16 heavy (non-hydrogen) atoms. The monoisotopic (exact) mass is 237 g/mol. The Morgan fingerprint density at radius 2 is 2.06 bits per heavy atom. The van der Waals surface area contributed by atoms with Gasteiger partial charge in [0.1, 0.15) is 0 Å². The number of para-hydroxylation sites is 1. The summed E-state index contributed by atoms with van der Waals surface area (Å²) in [6.07, 6.45) is 4.51. The molecule has 2 nitrogen and oxygen atoms in total. The number of Topliss-reactive ketones (excluding diaryl/α,β-unsaturated/α-hetero) is 1. The summed E-state index contributed by atoms with van der Waals surface area (Å²) in [4.78, 5) is 15.0. The first kappa shape index (κ1) is 12.8. The number of hydrogen-bond acceptors (Lipinski definition) is 1. The van der Waals surface area contributed by atoms with Crippen molar-refractivity contribution in [1.82, 2.24) is 4.98 Å². The molecule has 0 saturated carbocycles. The maximum atomic E-state index is 11.9. The molecule has 0 amide bonds. The number of unbranched alkanes of at least 4 members (excludes halogenated alkanes) is 1. The maximum absolute atomic E-state index is 11.9. The van der Waals surface area contributed by atoms with Gasteiger partial charge in [-0.15, -0.1) is 12.4 Å². The molecular formula is C13H16ClNO. The van der Waals surface area contributed by atoms with Gasteiger partial charge in [0.05, 0.1) is 0 Å². The van der Waals surface area contributed by atoms with Crippen LogP contribution in [0.3, 0.4) is 0 Å². The lowest BCUT2D eigenvalue weighted by Crippen LogP contribution is -1.96. The van der Waals surface area contributed by atoms with E-state index >= 15 is 0 Å². The lowest BCUT2D eigenvalue weighted by Gasteiger charge is -1.97. The Kier molecular flexibility index (Phi) is 4.56. The number of hydrogen-bond donors (Lipinski definition) is 1. The van der Waals surface area contributed by atoms with E-state index in [2.05, 4.69) is 11.9 Å². The van der Waals surface area contributed by atoms with Gasteiger partial charge in [-0.3, -0.25) is 4.79 Å². The van der Waals surface area contributed by atoms with Crippen LogP contribution in [0.2, 0.25) is 0 Å². The third kappa shape index (κ3) is 2.45. The molecule has 0 atom stereocenters. The number of carbonyl (C=O) groups excluding carboxylic acids is 1. The van der Waals surface area contributed by atoms with Crippen LogP contribution in [0.25, 0.3) is 10.9 Å². The summed E-state index contributed by atoms with van der Waals surface area (Å²) in [7, 11) is 0. The van der Waals surface area contributed by atoms with Crippen LogP contribution >= 0.6 is 12.4 Å². The lowest BCUT2D eigenvalue weighted by atomic mass is 10.1. The van der Waals surface area contributed by atoms with Gasteiger partial charge >= 0.3 is 0 Å². The van der Waals surface area contributed by atoms with Crippen molar-refractivity contribution in [3.63, 3.8) is 0 Å². The van der Waals surface area contributed by atoms with Crippen molar-refractivity contribution < 1.29 is 4.79 Å². The number of aromatic amines is 1. The van der Waals surface area contributed by atoms with Gasteiger partial charge in [0.25, 0.3) is 0 Å². The molecule has 0 aliphatic carbocycles. The van der Waals surface area contributed by atoms with Gasteiger partial charge in [-0.25, -0.2) is 0 Å². The third-order valence-electron chi connectivity index (χ3n) is 2.65. The molecule has 0 fully saturated rings. The topological polar surface area (TPSA) is 32.9 Å². The first-order chi connectivity index (χ1) is 7.33. The zero-order valence-electron chi connectivity index (χ0n) is 9.32. The minimum absolute atomic E-state index is 0. The van der Waals surface area contributed by atoms with E-state index in [1.54, 1.807) is 0 Å². The van der Waals surface area contributed by atoms with Gasteiger partial charge in [-0.1, -0.05) is 31.5 Å². The second-order valence-electron chi connectivity index (χ2n) is 3.77. The fraction of sp³-hybridized carbons (Fsp3) is 0.308. The Bertz CT molecular complexity index is 475. The highest BCUT2D eigenvalue weighted by atomic mass is 35.5. The Labute approximate surface area is 101 Å². The molecule has 2 rings (SSSR count). The first-order valence-electron chi connectivity index (χ1n) is 5.42. The van der Waals surface area contributed by atoms with E-state index in [0.717, 1.165) is 29.3 Å². The zero-order chi connectivity index (χ0) is 10.7. The summed E-state index contributed by atoms with van der Waals surface area (Å²) in [6.45, 7) is 2.10. The van der Waals surface area contributed by atoms with Crippen molar-refractivity contribution in [2.24, 2.45) is 0 Å². The Morgan fingerprint density at radius 3 is 2.81 bits per heavy atom. The number of nitrogens with one attached hydrogen (secondary N) is 1. The van der Waals surface area contributed by atoms with Crippen LogP contribution in [0.5, 0.6) is 0 Å². The van der Waals surface area contributed by atoms with E-state index < -0.39 is 0 Å². The van der Waals surface area contributed by atoms with Gasteiger partial charge in [-0.2, -0.15) is 0 Å². The van der Waals surface area contributed by atoms with E-state index in [4.69, 9.17) is 0 Å². The zero-order valence-corrected chi connectivity index (χ0v) is 10.1. The largest absolute Gasteiger partial charge is 0.360 e. The predicted octanol–water partition coefficient (Wildman–Crippen LogP) is 3.96. The number of ketones is 1. The number of rotatable bonds is 4. The molecule has 1 aromatic carbocycles. The minimum Gasteiger partial charge on any atom is -0.360 e. The molecule has 86 valence electrons. The Hall–Kier alpha value is -1.28. The normalized spacial score (nSPS) is 10.1. The number of aromatic nitrogens is 1. The standard InChI is InChI=1S/C13H15NO.ClH/c1-2-3-8-13(15)11-9-14-12-7-5-4-6-10(11)12;/h4-7,9,14H,2-3,8H2,1H3;1H. The van der Waals surface area contributed by atoms with Gasteiger partial charge in [-0.05, 0) is 12.5 Å². The van der Waals surface area contributed by atoms with E-state index in [1.165, 1.54) is 0 Å². The van der Waals surface area contributed by atoms with Crippen molar-refractivity contribution in [2.45, 2.75) is 26.2 Å².